The van der Waals surface area contributed by atoms with E-state index in [0.717, 1.165) is 6.42 Å². The lowest BCUT2D eigenvalue weighted by Crippen LogP contribution is -2.21. The van der Waals surface area contributed by atoms with Gasteiger partial charge >= 0.3 is 5.97 Å². The third-order valence-electron chi connectivity index (χ3n) is 3.15. The Balaban J connectivity index is 2.49. The lowest BCUT2D eigenvalue weighted by atomic mass is 9.85. The van der Waals surface area contributed by atoms with Crippen molar-refractivity contribution in [1.82, 2.24) is 0 Å². The fraction of sp³-hybridized carbons (Fsp3) is 0.357. The van der Waals surface area contributed by atoms with Crippen molar-refractivity contribution in [3.63, 3.8) is 0 Å². The van der Waals surface area contributed by atoms with Crippen LogP contribution in [0.2, 0.25) is 0 Å². The van der Waals surface area contributed by atoms with Crippen molar-refractivity contribution in [2.75, 3.05) is 7.11 Å². The van der Waals surface area contributed by atoms with Gasteiger partial charge in [0.25, 0.3) is 0 Å². The Bertz CT molecular complexity index is 476. The summed E-state index contributed by atoms with van der Waals surface area (Å²) in [4.78, 5) is 11.7. The lowest BCUT2D eigenvalue weighted by Gasteiger charge is -2.24. The molecule has 0 unspecified atom stereocenters. The van der Waals surface area contributed by atoms with E-state index in [-0.39, 0.29) is 5.82 Å². The smallest absolute Gasteiger partial charge is 0.334 e. The summed E-state index contributed by atoms with van der Waals surface area (Å²) in [6.07, 6.45) is 1.23. The molecule has 0 spiro atoms. The quantitative estimate of drug-likeness (QED) is 0.819. The number of halogens is 1. The molecule has 4 heteroatoms. The minimum Gasteiger partial charge on any atom is -0.466 e. The zero-order valence-electron chi connectivity index (χ0n) is 10.1. The highest BCUT2D eigenvalue weighted by molar-refractivity contribution is 5.98. The molecule has 1 aliphatic rings. The molecule has 1 aromatic carbocycles. The van der Waals surface area contributed by atoms with Crippen molar-refractivity contribution in [3.05, 3.63) is 41.2 Å². The number of carbonyl (C=O) groups is 1. The van der Waals surface area contributed by atoms with Gasteiger partial charge < -0.3 is 9.84 Å². The molecule has 0 fully saturated rings. The first-order valence-corrected chi connectivity index (χ1v) is 5.89. The van der Waals surface area contributed by atoms with E-state index in [0.29, 0.717) is 29.6 Å². The standard InChI is InChI=1S/C14H15FO3/c1-18-14(17)11-3-2-4-12(16)13(11)9-5-7-10(15)8-6-9/h5-8,12,16H,2-4H2,1H3/t12-/m0/s1. The number of aliphatic hydroxyl groups excluding tert-OH is 1. The summed E-state index contributed by atoms with van der Waals surface area (Å²) < 4.78 is 17.6. The summed E-state index contributed by atoms with van der Waals surface area (Å²) in [5.74, 6) is -0.766. The Morgan fingerprint density at radius 2 is 2.06 bits per heavy atom. The number of benzene rings is 1. The van der Waals surface area contributed by atoms with Gasteiger partial charge in [0.2, 0.25) is 0 Å². The number of hydrogen-bond acceptors (Lipinski definition) is 3. The summed E-state index contributed by atoms with van der Waals surface area (Å²) in [7, 11) is 1.32. The summed E-state index contributed by atoms with van der Waals surface area (Å²) in [6, 6.07) is 5.78. The van der Waals surface area contributed by atoms with Crippen LogP contribution >= 0.6 is 0 Å². The zero-order valence-corrected chi connectivity index (χ0v) is 10.1. The van der Waals surface area contributed by atoms with Crippen LogP contribution in [0.4, 0.5) is 4.39 Å². The first-order valence-electron chi connectivity index (χ1n) is 5.89. The van der Waals surface area contributed by atoms with E-state index >= 15 is 0 Å². The molecule has 0 amide bonds. The Hall–Kier alpha value is -1.68. The number of carbonyl (C=O) groups excluding carboxylic acids is 1. The molecule has 18 heavy (non-hydrogen) atoms. The van der Waals surface area contributed by atoms with Gasteiger partial charge in [-0.3, -0.25) is 0 Å². The topological polar surface area (TPSA) is 46.5 Å². The van der Waals surface area contributed by atoms with E-state index < -0.39 is 12.1 Å². The lowest BCUT2D eigenvalue weighted by molar-refractivity contribution is -0.136. The Morgan fingerprint density at radius 1 is 1.39 bits per heavy atom. The summed E-state index contributed by atoms with van der Waals surface area (Å²) in [5, 5.41) is 10.0. The van der Waals surface area contributed by atoms with Crippen molar-refractivity contribution >= 4 is 11.5 Å². The molecule has 2 rings (SSSR count). The molecule has 3 nitrogen and oxygen atoms in total. The number of ether oxygens (including phenoxy) is 1. The molecule has 0 bridgehead atoms. The molecule has 96 valence electrons. The van der Waals surface area contributed by atoms with Crippen LogP contribution < -0.4 is 0 Å². The van der Waals surface area contributed by atoms with Gasteiger partial charge in [0.1, 0.15) is 5.82 Å². The molecule has 0 saturated carbocycles. The molecule has 1 aromatic rings. The van der Waals surface area contributed by atoms with Crippen molar-refractivity contribution in [3.8, 4) is 0 Å². The first kappa shape index (κ1) is 12.8. The molecule has 0 radical (unpaired) electrons. The normalized spacial score (nSPS) is 19.8. The minimum atomic E-state index is -0.696. The molecule has 1 N–H and O–H groups in total. The number of methoxy groups -OCH3 is 1. The fourth-order valence-corrected chi connectivity index (χ4v) is 2.28. The van der Waals surface area contributed by atoms with Crippen molar-refractivity contribution in [1.29, 1.82) is 0 Å². The van der Waals surface area contributed by atoms with Crippen LogP contribution in [0.5, 0.6) is 0 Å². The van der Waals surface area contributed by atoms with Crippen LogP contribution in [0, 0.1) is 5.82 Å². The number of esters is 1. The monoisotopic (exact) mass is 250 g/mol. The molecule has 0 aromatic heterocycles. The van der Waals surface area contributed by atoms with Crippen LogP contribution in [0.1, 0.15) is 24.8 Å². The predicted octanol–water partition coefficient (Wildman–Crippen LogP) is 2.30. The molecular weight excluding hydrogens is 235 g/mol. The van der Waals surface area contributed by atoms with Gasteiger partial charge in [-0.2, -0.15) is 0 Å². The minimum absolute atomic E-state index is 0.343. The summed E-state index contributed by atoms with van der Waals surface area (Å²) in [5.41, 5.74) is 1.72. The van der Waals surface area contributed by atoms with E-state index in [1.165, 1.54) is 19.2 Å². The Labute approximate surface area is 105 Å². The Kier molecular flexibility index (Phi) is 3.77. The number of rotatable bonds is 2. The second kappa shape index (κ2) is 5.31. The van der Waals surface area contributed by atoms with E-state index in [2.05, 4.69) is 0 Å². The fourth-order valence-electron chi connectivity index (χ4n) is 2.28. The highest BCUT2D eigenvalue weighted by Crippen LogP contribution is 2.33. The van der Waals surface area contributed by atoms with Gasteiger partial charge in [-0.1, -0.05) is 12.1 Å². The van der Waals surface area contributed by atoms with Gasteiger partial charge in [-0.05, 0) is 42.5 Å². The van der Waals surface area contributed by atoms with Gasteiger partial charge in [-0.25, -0.2) is 9.18 Å². The molecule has 0 saturated heterocycles. The van der Waals surface area contributed by atoms with Gasteiger partial charge in [0.05, 0.1) is 13.2 Å². The highest BCUT2D eigenvalue weighted by atomic mass is 19.1. The van der Waals surface area contributed by atoms with Crippen LogP contribution in [-0.4, -0.2) is 24.3 Å². The second-order valence-electron chi connectivity index (χ2n) is 4.30. The predicted molar refractivity (Wildman–Crippen MR) is 65.2 cm³/mol. The molecule has 1 atom stereocenters. The van der Waals surface area contributed by atoms with Crippen LogP contribution in [0.3, 0.4) is 0 Å². The maximum atomic E-state index is 12.9. The molecule has 1 aliphatic carbocycles. The summed E-state index contributed by atoms with van der Waals surface area (Å²) in [6.45, 7) is 0. The maximum Gasteiger partial charge on any atom is 0.334 e. The maximum absolute atomic E-state index is 12.9. The van der Waals surface area contributed by atoms with E-state index in [1.807, 2.05) is 0 Å². The zero-order chi connectivity index (χ0) is 13.1. The molecule has 0 aliphatic heterocycles. The van der Waals surface area contributed by atoms with E-state index in [1.54, 1.807) is 12.1 Å². The van der Waals surface area contributed by atoms with Gasteiger partial charge in [0.15, 0.2) is 0 Å². The summed E-state index contributed by atoms with van der Waals surface area (Å²) >= 11 is 0. The van der Waals surface area contributed by atoms with Crippen LogP contribution in [0.15, 0.2) is 29.8 Å². The molecule has 0 heterocycles. The highest BCUT2D eigenvalue weighted by Gasteiger charge is 2.26. The van der Waals surface area contributed by atoms with E-state index in [9.17, 15) is 14.3 Å². The SMILES string of the molecule is COC(=O)C1=C(c2ccc(F)cc2)[C@@H](O)CCC1. The third kappa shape index (κ3) is 2.43. The Morgan fingerprint density at radius 3 is 2.67 bits per heavy atom. The van der Waals surface area contributed by atoms with Crippen molar-refractivity contribution in [2.45, 2.75) is 25.4 Å². The van der Waals surface area contributed by atoms with Gasteiger partial charge in [0, 0.05) is 5.57 Å². The van der Waals surface area contributed by atoms with Crippen LogP contribution in [0.25, 0.3) is 5.57 Å². The number of hydrogen-bond donors (Lipinski definition) is 1. The average Bonchev–Trinajstić information content (AvgIpc) is 2.39. The number of aliphatic hydroxyl groups is 1. The van der Waals surface area contributed by atoms with Crippen molar-refractivity contribution in [2.24, 2.45) is 0 Å². The van der Waals surface area contributed by atoms with Crippen molar-refractivity contribution < 1.29 is 19.0 Å². The van der Waals surface area contributed by atoms with Gasteiger partial charge in [-0.15, -0.1) is 0 Å². The largest absolute Gasteiger partial charge is 0.466 e. The molecular formula is C14H15FO3. The van der Waals surface area contributed by atoms with E-state index in [4.69, 9.17) is 4.74 Å². The second-order valence-corrected chi connectivity index (χ2v) is 4.30. The first-order chi connectivity index (χ1) is 8.63. The average molecular weight is 250 g/mol. The third-order valence-corrected chi connectivity index (χ3v) is 3.15. The van der Waals surface area contributed by atoms with Crippen LogP contribution in [-0.2, 0) is 9.53 Å².